The first-order valence-corrected chi connectivity index (χ1v) is 14.9. The van der Waals surface area contributed by atoms with Crippen molar-refractivity contribution in [2.45, 2.75) is 71.3 Å². The van der Waals surface area contributed by atoms with Crippen molar-refractivity contribution in [1.82, 2.24) is 0 Å². The number of thioether (sulfide) groups is 2. The van der Waals surface area contributed by atoms with Crippen molar-refractivity contribution >= 4 is 45.6 Å². The van der Waals surface area contributed by atoms with Crippen molar-refractivity contribution < 1.29 is 129 Å². The zero-order chi connectivity index (χ0) is 40.2. The van der Waals surface area contributed by atoms with E-state index in [1.165, 1.54) is 0 Å². The molecule has 0 saturated heterocycles. The second-order valence-electron chi connectivity index (χ2n) is 8.44. The van der Waals surface area contributed by atoms with E-state index in [4.69, 9.17) is 0 Å². The molecule has 9 nitrogen and oxygen atoms in total. The Bertz CT molecular complexity index is 1260. The van der Waals surface area contributed by atoms with E-state index in [1.54, 1.807) is 0 Å². The molecule has 0 rings (SSSR count). The van der Waals surface area contributed by atoms with E-state index in [0.29, 0.717) is 0 Å². The number of carbonyl (C=O) groups is 2. The molecule has 0 radical (unpaired) electrons. The Balaban J connectivity index is 5.10. The molecule has 0 N–H and O–H groups in total. The van der Waals surface area contributed by atoms with Crippen LogP contribution in [0.5, 0.6) is 0 Å². The lowest BCUT2D eigenvalue weighted by Gasteiger charge is -2.30. The van der Waals surface area contributed by atoms with Gasteiger partial charge < -0.3 is 14.0 Å². The van der Waals surface area contributed by atoms with Crippen LogP contribution in [0.4, 0.5) is 87.8 Å². The topological polar surface area (TPSA) is 128 Å². The van der Waals surface area contributed by atoms with Crippen molar-refractivity contribution in [3.63, 3.8) is 0 Å². The van der Waals surface area contributed by atoms with Crippen molar-refractivity contribution in [1.29, 1.82) is 0 Å². The van der Waals surface area contributed by atoms with Gasteiger partial charge in [0.15, 0.2) is 5.25 Å². The molecule has 0 aliphatic heterocycles. The van der Waals surface area contributed by atoms with Gasteiger partial charge in [0.25, 0.3) is 12.7 Å². The quantitative estimate of drug-likeness (QED) is 0.0599. The van der Waals surface area contributed by atoms with Crippen LogP contribution in [-0.2, 0) is 38.7 Å². The highest BCUT2D eigenvalue weighted by atomic mass is 32.2. The van der Waals surface area contributed by atoms with Gasteiger partial charge in [0.2, 0.25) is 0 Å². The molecule has 3 unspecified atom stereocenters. The van der Waals surface area contributed by atoms with Gasteiger partial charge in [-0.3, -0.25) is 19.1 Å². The van der Waals surface area contributed by atoms with Gasteiger partial charge in [-0.15, -0.1) is 0 Å². The zero-order valence-electron chi connectivity index (χ0n) is 22.7. The van der Waals surface area contributed by atoms with E-state index < -0.39 is 142 Å². The number of hydrogen-bond acceptors (Lipinski definition) is 11. The molecule has 0 saturated carbocycles. The molecular formula is C18H13F20O9S3-. The summed E-state index contributed by atoms with van der Waals surface area (Å²) in [5.74, 6) is -21.7. The SMILES string of the molecule is O=C(CC(C(=O)OCCSC(F)(F)C(F)OC(F)(F)C(F)(F)C(F)(F)F)S(=O)(=O)[O-])OCCSC(F)(F)C(F)OC(F)(F)C(F)(F)C(F)(F)F. The summed E-state index contributed by atoms with van der Waals surface area (Å²) in [4.78, 5) is 23.5. The Kier molecular flexibility index (Phi) is 15.8. The van der Waals surface area contributed by atoms with Crippen molar-refractivity contribution in [2.24, 2.45) is 0 Å². The predicted octanol–water partition coefficient (Wildman–Crippen LogP) is 6.23. The largest absolute Gasteiger partial charge is 0.747 e. The minimum atomic E-state index is -7.18. The maximum atomic E-state index is 13.6. The van der Waals surface area contributed by atoms with E-state index in [9.17, 15) is 110 Å². The minimum Gasteiger partial charge on any atom is -0.747 e. The third-order valence-corrected chi connectivity index (χ3v) is 7.64. The molecular weight excluding hydrogens is 836 g/mol. The Hall–Kier alpha value is -1.93. The monoisotopic (exact) mass is 849 g/mol. The number of hydrogen-bond donors (Lipinski definition) is 0. The average Bonchev–Trinajstić information content (AvgIpc) is 2.89. The molecule has 0 aromatic heterocycles. The van der Waals surface area contributed by atoms with Gasteiger partial charge in [-0.2, -0.15) is 79.0 Å². The van der Waals surface area contributed by atoms with Crippen molar-refractivity contribution in [3.8, 4) is 0 Å². The number of rotatable bonds is 20. The Labute approximate surface area is 271 Å². The fourth-order valence-electron chi connectivity index (χ4n) is 2.27. The van der Waals surface area contributed by atoms with Crippen molar-refractivity contribution in [3.05, 3.63) is 0 Å². The first kappa shape index (κ1) is 48.1. The zero-order valence-corrected chi connectivity index (χ0v) is 25.2. The van der Waals surface area contributed by atoms with Crippen LogP contribution in [0.1, 0.15) is 6.42 Å². The van der Waals surface area contributed by atoms with Crippen LogP contribution < -0.4 is 0 Å². The predicted molar refractivity (Wildman–Crippen MR) is 119 cm³/mol. The fraction of sp³-hybridized carbons (Fsp3) is 0.889. The fourth-order valence-corrected chi connectivity index (χ4v) is 4.15. The van der Waals surface area contributed by atoms with Gasteiger partial charge in [0.1, 0.15) is 23.3 Å². The van der Waals surface area contributed by atoms with Gasteiger partial charge in [0.05, 0.1) is 6.42 Å². The van der Waals surface area contributed by atoms with Crippen LogP contribution in [-0.4, -0.2) is 115 Å². The number of carbonyl (C=O) groups excluding carboxylic acids is 2. The van der Waals surface area contributed by atoms with Gasteiger partial charge in [-0.1, -0.05) is 23.5 Å². The van der Waals surface area contributed by atoms with Gasteiger partial charge >= 0.3 is 58.9 Å². The molecule has 0 aromatic carbocycles. The Morgan fingerprint density at radius 1 is 0.600 bits per heavy atom. The summed E-state index contributed by atoms with van der Waals surface area (Å²) in [6, 6.07) is 0. The highest BCUT2D eigenvalue weighted by Gasteiger charge is 2.77. The molecule has 0 amide bonds. The molecule has 0 heterocycles. The van der Waals surface area contributed by atoms with Crippen LogP contribution >= 0.6 is 23.5 Å². The van der Waals surface area contributed by atoms with E-state index in [0.717, 1.165) is 0 Å². The van der Waals surface area contributed by atoms with Crippen molar-refractivity contribution in [2.75, 3.05) is 24.7 Å². The molecule has 0 aliphatic carbocycles. The average molecular weight is 849 g/mol. The Morgan fingerprint density at radius 2 is 0.920 bits per heavy atom. The highest BCUT2D eigenvalue weighted by molar-refractivity contribution is 8.00. The summed E-state index contributed by atoms with van der Waals surface area (Å²) in [5.41, 5.74) is 0. The first-order valence-electron chi connectivity index (χ1n) is 11.5. The molecule has 0 spiro atoms. The summed E-state index contributed by atoms with van der Waals surface area (Å²) in [7, 11) is -6.00. The second kappa shape index (κ2) is 16.4. The Morgan fingerprint density at radius 3 is 1.22 bits per heavy atom. The maximum Gasteiger partial charge on any atom is 0.462 e. The third kappa shape index (κ3) is 12.6. The summed E-state index contributed by atoms with van der Waals surface area (Å²) in [5, 5.41) is -14.0. The second-order valence-corrected chi connectivity index (χ2v) is 12.5. The number of ether oxygens (including phenoxy) is 4. The molecule has 3 atom stereocenters. The highest BCUT2D eigenvalue weighted by Crippen LogP contribution is 2.50. The molecule has 0 aliphatic rings. The standard InChI is InChI=1S/C18H14F20O9S3/c19-9(46-17(35,36)13(25,26)15(29,30)31)11(21,22)48-3-1-44-7(39)5-6(50(41,42)43)8(40)45-2-4-49-12(23,24)10(20)47-18(37,38)14(27,28)16(32,33)34/h6,9-10H,1-5H2,(H,41,42,43)/p-1. The number of halogens is 20. The minimum absolute atomic E-state index is 1.23. The summed E-state index contributed by atoms with van der Waals surface area (Å²) < 4.78 is 302. The maximum absolute atomic E-state index is 13.6. The lowest BCUT2D eigenvalue weighted by atomic mass is 10.3. The van der Waals surface area contributed by atoms with E-state index in [-0.39, 0.29) is 0 Å². The summed E-state index contributed by atoms with van der Waals surface area (Å²) in [6.45, 7) is -3.04. The summed E-state index contributed by atoms with van der Waals surface area (Å²) in [6.07, 6.45) is -39.7. The van der Waals surface area contributed by atoms with Crippen LogP contribution in [0, 0.1) is 0 Å². The molecule has 0 aromatic rings. The normalized spacial score (nSPS) is 16.5. The van der Waals surface area contributed by atoms with Crippen LogP contribution in [0.3, 0.4) is 0 Å². The third-order valence-electron chi connectivity index (χ3n) is 4.70. The smallest absolute Gasteiger partial charge is 0.462 e. The van der Waals surface area contributed by atoms with Crippen LogP contribution in [0.25, 0.3) is 0 Å². The van der Waals surface area contributed by atoms with Crippen LogP contribution in [0.15, 0.2) is 0 Å². The molecule has 32 heteroatoms. The number of esters is 2. The van der Waals surface area contributed by atoms with E-state index in [2.05, 4.69) is 18.9 Å². The lowest BCUT2D eigenvalue weighted by molar-refractivity contribution is -0.446. The van der Waals surface area contributed by atoms with Crippen LogP contribution in [0.2, 0.25) is 0 Å². The molecule has 298 valence electrons. The first-order chi connectivity index (χ1) is 21.9. The number of alkyl halides is 20. The van der Waals surface area contributed by atoms with Gasteiger partial charge in [0, 0.05) is 11.5 Å². The van der Waals surface area contributed by atoms with E-state index in [1.807, 2.05) is 0 Å². The van der Waals surface area contributed by atoms with Gasteiger partial charge in [-0.05, 0) is 0 Å². The summed E-state index contributed by atoms with van der Waals surface area (Å²) >= 11 is -2.50. The molecule has 0 fully saturated rings. The lowest BCUT2D eigenvalue weighted by Crippen LogP contribution is -2.55. The molecule has 0 bridgehead atoms. The van der Waals surface area contributed by atoms with E-state index >= 15 is 0 Å². The molecule has 50 heavy (non-hydrogen) atoms. The van der Waals surface area contributed by atoms with Gasteiger partial charge in [-0.25, -0.2) is 17.2 Å².